The number of hydrogen-bond acceptors (Lipinski definition) is 4. The van der Waals surface area contributed by atoms with Crippen LogP contribution in [0.3, 0.4) is 0 Å². The Kier molecular flexibility index (Phi) is 2.95. The van der Waals surface area contributed by atoms with Gasteiger partial charge >= 0.3 is 0 Å². The summed E-state index contributed by atoms with van der Waals surface area (Å²) in [5.74, 6) is 0.276. The summed E-state index contributed by atoms with van der Waals surface area (Å²) >= 11 is 0. The van der Waals surface area contributed by atoms with Gasteiger partial charge in [0.05, 0.1) is 18.7 Å². The molecule has 0 radical (unpaired) electrons. The number of rotatable bonds is 2. The van der Waals surface area contributed by atoms with Crippen molar-refractivity contribution >= 4 is 0 Å². The van der Waals surface area contributed by atoms with E-state index in [1.807, 2.05) is 6.07 Å². The van der Waals surface area contributed by atoms with Gasteiger partial charge in [0.1, 0.15) is 0 Å². The largest absolute Gasteiger partial charge is 0.504 e. The molecule has 0 aromatic heterocycles. The molecule has 0 spiro atoms. The van der Waals surface area contributed by atoms with Gasteiger partial charge < -0.3 is 15.6 Å². The molecular formula is C10H12N2O2. The molecule has 3 N–H and O–H groups in total. The van der Waals surface area contributed by atoms with Crippen molar-refractivity contribution in [3.8, 4) is 17.6 Å². The third-order valence-corrected chi connectivity index (χ3v) is 1.98. The third-order valence-electron chi connectivity index (χ3n) is 1.98. The molecule has 0 aliphatic heterocycles. The van der Waals surface area contributed by atoms with Crippen LogP contribution >= 0.6 is 0 Å². The molecule has 0 aliphatic rings. The minimum Gasteiger partial charge on any atom is -0.504 e. The minimum atomic E-state index is -0.403. The van der Waals surface area contributed by atoms with Crippen LogP contribution < -0.4 is 10.5 Å². The summed E-state index contributed by atoms with van der Waals surface area (Å²) in [6.07, 6.45) is 0. The summed E-state index contributed by atoms with van der Waals surface area (Å²) in [5, 5.41) is 18.5. The number of nitrogens with two attached hydrogens (primary N) is 1. The number of phenols is 1. The maximum absolute atomic E-state index is 9.72. The smallest absolute Gasteiger partial charge is 0.163 e. The lowest BCUT2D eigenvalue weighted by molar-refractivity contribution is 0.369. The van der Waals surface area contributed by atoms with Crippen LogP contribution in [0, 0.1) is 11.3 Å². The molecule has 0 amide bonds. The van der Waals surface area contributed by atoms with E-state index in [1.165, 1.54) is 7.11 Å². The van der Waals surface area contributed by atoms with E-state index in [0.717, 1.165) is 0 Å². The van der Waals surface area contributed by atoms with E-state index in [0.29, 0.717) is 16.9 Å². The Morgan fingerprint density at radius 3 is 2.64 bits per heavy atom. The Morgan fingerprint density at radius 2 is 2.21 bits per heavy atom. The summed E-state index contributed by atoms with van der Waals surface area (Å²) in [7, 11) is 1.45. The maximum atomic E-state index is 9.72. The first-order chi connectivity index (χ1) is 6.61. The molecule has 74 valence electrons. The van der Waals surface area contributed by atoms with Crippen LogP contribution in [-0.2, 0) is 0 Å². The summed E-state index contributed by atoms with van der Waals surface area (Å²) in [6.45, 7) is 1.70. The van der Waals surface area contributed by atoms with Gasteiger partial charge in [-0.25, -0.2) is 0 Å². The monoisotopic (exact) mass is 192 g/mol. The molecule has 0 saturated heterocycles. The molecule has 0 bridgehead atoms. The van der Waals surface area contributed by atoms with E-state index in [4.69, 9.17) is 15.7 Å². The van der Waals surface area contributed by atoms with Crippen molar-refractivity contribution in [1.29, 1.82) is 5.26 Å². The minimum absolute atomic E-state index is 0.0541. The lowest BCUT2D eigenvalue weighted by Crippen LogP contribution is -2.08. The zero-order chi connectivity index (χ0) is 10.7. The molecule has 0 heterocycles. The predicted molar refractivity (Wildman–Crippen MR) is 52.0 cm³/mol. The number of hydrogen-bond donors (Lipinski definition) is 2. The Morgan fingerprint density at radius 1 is 1.57 bits per heavy atom. The molecular weight excluding hydrogens is 180 g/mol. The molecule has 4 heteroatoms. The van der Waals surface area contributed by atoms with Gasteiger partial charge in [-0.3, -0.25) is 0 Å². The first-order valence-corrected chi connectivity index (χ1v) is 4.17. The van der Waals surface area contributed by atoms with Crippen LogP contribution in [0.1, 0.15) is 24.1 Å². The summed E-state index contributed by atoms with van der Waals surface area (Å²) < 4.78 is 4.92. The van der Waals surface area contributed by atoms with Gasteiger partial charge in [-0.1, -0.05) is 0 Å². The van der Waals surface area contributed by atoms with Crippen molar-refractivity contribution in [2.24, 2.45) is 5.73 Å². The van der Waals surface area contributed by atoms with Crippen LogP contribution in [0.4, 0.5) is 0 Å². The molecule has 0 unspecified atom stereocenters. The lowest BCUT2D eigenvalue weighted by atomic mass is 10.0. The Balaban J connectivity index is 3.41. The van der Waals surface area contributed by atoms with Gasteiger partial charge in [-0.05, 0) is 19.1 Å². The normalized spacial score (nSPS) is 11.9. The molecule has 4 nitrogen and oxygen atoms in total. The Hall–Kier alpha value is -1.73. The fourth-order valence-electron chi connectivity index (χ4n) is 1.31. The van der Waals surface area contributed by atoms with Crippen LogP contribution in [-0.4, -0.2) is 12.2 Å². The third kappa shape index (κ3) is 1.63. The first kappa shape index (κ1) is 10.4. The second-order valence-electron chi connectivity index (χ2n) is 2.98. The number of benzene rings is 1. The standard InChI is InChI=1S/C10H12N2O2/c1-6(12)9-7(5-11)3-4-8(14-2)10(9)13/h3-4,6,13H,12H2,1-2H3/t6-/m0/s1. The average Bonchev–Trinajstić information content (AvgIpc) is 2.16. The lowest BCUT2D eigenvalue weighted by Gasteiger charge is -2.12. The molecule has 0 fully saturated rings. The summed E-state index contributed by atoms with van der Waals surface area (Å²) in [6, 6.07) is 4.69. The van der Waals surface area contributed by atoms with Crippen molar-refractivity contribution in [3.63, 3.8) is 0 Å². The SMILES string of the molecule is COc1ccc(C#N)c([C@H](C)N)c1O. The van der Waals surface area contributed by atoms with Gasteiger partial charge in [-0.2, -0.15) is 5.26 Å². The van der Waals surface area contributed by atoms with Gasteiger partial charge in [-0.15, -0.1) is 0 Å². The zero-order valence-electron chi connectivity index (χ0n) is 8.11. The van der Waals surface area contributed by atoms with Gasteiger partial charge in [0, 0.05) is 11.6 Å². The summed E-state index contributed by atoms with van der Waals surface area (Å²) in [4.78, 5) is 0. The maximum Gasteiger partial charge on any atom is 0.163 e. The van der Waals surface area contributed by atoms with Gasteiger partial charge in [0.2, 0.25) is 0 Å². The number of methoxy groups -OCH3 is 1. The second-order valence-corrected chi connectivity index (χ2v) is 2.98. The van der Waals surface area contributed by atoms with E-state index >= 15 is 0 Å². The van der Waals surface area contributed by atoms with Crippen molar-refractivity contribution in [2.75, 3.05) is 7.11 Å². The van der Waals surface area contributed by atoms with Crippen molar-refractivity contribution in [3.05, 3.63) is 23.3 Å². The highest BCUT2D eigenvalue weighted by Crippen LogP contribution is 2.35. The fourth-order valence-corrected chi connectivity index (χ4v) is 1.31. The summed E-state index contributed by atoms with van der Waals surface area (Å²) in [5.41, 5.74) is 6.44. The molecule has 0 saturated carbocycles. The van der Waals surface area contributed by atoms with Crippen LogP contribution in [0.5, 0.6) is 11.5 Å². The molecule has 1 rings (SSSR count). The van der Waals surface area contributed by atoms with Crippen molar-refractivity contribution in [1.82, 2.24) is 0 Å². The number of ether oxygens (including phenoxy) is 1. The van der Waals surface area contributed by atoms with Gasteiger partial charge in [0.25, 0.3) is 0 Å². The Bertz CT molecular complexity index is 380. The van der Waals surface area contributed by atoms with Gasteiger partial charge in [0.15, 0.2) is 11.5 Å². The van der Waals surface area contributed by atoms with E-state index in [2.05, 4.69) is 0 Å². The zero-order valence-corrected chi connectivity index (χ0v) is 8.11. The van der Waals surface area contributed by atoms with Crippen molar-refractivity contribution < 1.29 is 9.84 Å². The predicted octanol–water partition coefficient (Wildman–Crippen LogP) is 1.29. The van der Waals surface area contributed by atoms with Crippen LogP contribution in [0.2, 0.25) is 0 Å². The topological polar surface area (TPSA) is 79.3 Å². The molecule has 14 heavy (non-hydrogen) atoms. The second kappa shape index (κ2) is 3.99. The average molecular weight is 192 g/mol. The van der Waals surface area contributed by atoms with E-state index < -0.39 is 6.04 Å². The highest BCUT2D eigenvalue weighted by Gasteiger charge is 2.15. The highest BCUT2D eigenvalue weighted by molar-refractivity contribution is 5.55. The number of aromatic hydroxyl groups is 1. The number of phenolic OH excluding ortho intramolecular Hbond substituents is 1. The number of nitrogens with zero attached hydrogens (tertiary/aromatic N) is 1. The van der Waals surface area contributed by atoms with E-state index in [9.17, 15) is 5.11 Å². The van der Waals surface area contributed by atoms with E-state index in [1.54, 1.807) is 19.1 Å². The molecule has 1 aromatic carbocycles. The molecule has 1 aromatic rings. The molecule has 1 atom stereocenters. The van der Waals surface area contributed by atoms with E-state index in [-0.39, 0.29) is 5.75 Å². The van der Waals surface area contributed by atoms with Crippen molar-refractivity contribution in [2.45, 2.75) is 13.0 Å². The quantitative estimate of drug-likeness (QED) is 0.740. The first-order valence-electron chi connectivity index (χ1n) is 4.17. The number of nitriles is 1. The fraction of sp³-hybridized carbons (Fsp3) is 0.300. The Labute approximate surface area is 82.5 Å². The molecule has 0 aliphatic carbocycles. The highest BCUT2D eigenvalue weighted by atomic mass is 16.5. The van der Waals surface area contributed by atoms with Crippen LogP contribution in [0.25, 0.3) is 0 Å². The van der Waals surface area contributed by atoms with Crippen LogP contribution in [0.15, 0.2) is 12.1 Å².